The fourth-order valence-corrected chi connectivity index (χ4v) is 5.00. The van der Waals surface area contributed by atoms with E-state index in [0.29, 0.717) is 11.4 Å². The second-order valence-electron chi connectivity index (χ2n) is 6.72. The molecule has 8 nitrogen and oxygen atoms in total. The number of nitrogens with one attached hydrogen (secondary N) is 3. The third-order valence-corrected chi connectivity index (χ3v) is 7.16. The fraction of sp³-hybridized carbons (Fsp3) is 0.0952. The zero-order valence-corrected chi connectivity index (χ0v) is 21.8. The number of hydrogen-bond donors (Lipinski definition) is 3. The molecule has 0 unspecified atom stereocenters. The highest BCUT2D eigenvalue weighted by Gasteiger charge is 2.15. The van der Waals surface area contributed by atoms with Gasteiger partial charge < -0.3 is 10.1 Å². The molecular formula is C21H17Br2N3O5S2. The zero-order valence-electron chi connectivity index (χ0n) is 17.0. The van der Waals surface area contributed by atoms with Gasteiger partial charge in [-0.15, -0.1) is 0 Å². The molecule has 0 aliphatic heterocycles. The maximum atomic E-state index is 12.2. The molecular weight excluding hydrogens is 598 g/mol. The zero-order chi connectivity index (χ0) is 24.2. The van der Waals surface area contributed by atoms with Crippen LogP contribution in [-0.4, -0.2) is 32.0 Å². The van der Waals surface area contributed by atoms with Crippen LogP contribution in [0.1, 0.15) is 6.92 Å². The molecule has 0 saturated carbocycles. The lowest BCUT2D eigenvalue weighted by Gasteiger charge is -2.12. The van der Waals surface area contributed by atoms with Crippen molar-refractivity contribution in [1.82, 2.24) is 10.0 Å². The molecule has 0 saturated heterocycles. The standard InChI is InChI=1S/C21H17Br2N3O5S2/c1-12(27)26-33(29,30)16-6-4-15(5-7-16)24-21(32)25-19(28)11-31-18-9-2-13-10-14(22)3-8-17(13)20(18)23/h2-10H,11H2,1H3,(H,26,27)(H2,24,25,28,32). The summed E-state index contributed by atoms with van der Waals surface area (Å²) in [6, 6.07) is 15.0. The first-order valence-corrected chi connectivity index (χ1v) is 12.8. The van der Waals surface area contributed by atoms with Gasteiger partial charge in [-0.3, -0.25) is 14.9 Å². The van der Waals surface area contributed by atoms with E-state index in [-0.39, 0.29) is 16.6 Å². The number of benzene rings is 3. The summed E-state index contributed by atoms with van der Waals surface area (Å²) in [5.74, 6) is -0.651. The smallest absolute Gasteiger partial charge is 0.264 e. The van der Waals surface area contributed by atoms with Gasteiger partial charge in [0.15, 0.2) is 11.7 Å². The second kappa shape index (κ2) is 10.6. The van der Waals surface area contributed by atoms with E-state index in [1.54, 1.807) is 6.07 Å². The Balaban J connectivity index is 1.55. The molecule has 2 amide bonds. The first-order chi connectivity index (χ1) is 15.5. The van der Waals surface area contributed by atoms with E-state index in [1.807, 2.05) is 29.0 Å². The maximum Gasteiger partial charge on any atom is 0.264 e. The molecule has 0 radical (unpaired) electrons. The highest BCUT2D eigenvalue weighted by atomic mass is 79.9. The summed E-state index contributed by atoms with van der Waals surface area (Å²) in [6.45, 7) is 0.840. The van der Waals surface area contributed by atoms with Crippen LogP contribution in [-0.2, 0) is 19.6 Å². The number of rotatable bonds is 6. The minimum Gasteiger partial charge on any atom is -0.483 e. The molecule has 0 aromatic heterocycles. The summed E-state index contributed by atoms with van der Waals surface area (Å²) in [7, 11) is -3.93. The van der Waals surface area contributed by atoms with Crippen molar-refractivity contribution in [2.75, 3.05) is 11.9 Å². The average molecular weight is 615 g/mol. The predicted molar refractivity (Wildman–Crippen MR) is 137 cm³/mol. The van der Waals surface area contributed by atoms with Crippen molar-refractivity contribution in [2.24, 2.45) is 0 Å². The minimum absolute atomic E-state index is 0.0171. The monoisotopic (exact) mass is 613 g/mol. The number of ether oxygens (including phenoxy) is 1. The third kappa shape index (κ3) is 6.73. The first-order valence-electron chi connectivity index (χ1n) is 9.30. The van der Waals surface area contributed by atoms with E-state index in [0.717, 1.165) is 26.6 Å². The largest absolute Gasteiger partial charge is 0.483 e. The van der Waals surface area contributed by atoms with Gasteiger partial charge in [0.1, 0.15) is 5.75 Å². The molecule has 3 aromatic rings. The van der Waals surface area contributed by atoms with Gasteiger partial charge in [0, 0.05) is 17.1 Å². The van der Waals surface area contributed by atoms with E-state index >= 15 is 0 Å². The van der Waals surface area contributed by atoms with Crippen molar-refractivity contribution in [2.45, 2.75) is 11.8 Å². The highest BCUT2D eigenvalue weighted by molar-refractivity contribution is 9.11. The lowest BCUT2D eigenvalue weighted by Crippen LogP contribution is -2.37. The average Bonchev–Trinajstić information content (AvgIpc) is 2.72. The van der Waals surface area contributed by atoms with Gasteiger partial charge >= 0.3 is 0 Å². The van der Waals surface area contributed by atoms with Crippen LogP contribution in [0.4, 0.5) is 5.69 Å². The summed E-state index contributed by atoms with van der Waals surface area (Å²) in [6.07, 6.45) is 0. The Hall–Kier alpha value is -2.54. The highest BCUT2D eigenvalue weighted by Crippen LogP contribution is 2.34. The molecule has 0 spiro atoms. The second-order valence-corrected chi connectivity index (χ2v) is 10.5. The van der Waals surface area contributed by atoms with Crippen LogP contribution in [0.3, 0.4) is 0 Å². The molecule has 3 aromatic carbocycles. The maximum absolute atomic E-state index is 12.2. The number of carbonyl (C=O) groups is 2. The van der Waals surface area contributed by atoms with E-state index < -0.39 is 21.8 Å². The summed E-state index contributed by atoms with van der Waals surface area (Å²) in [5, 5.41) is 7.24. The van der Waals surface area contributed by atoms with Crippen LogP contribution in [0.15, 0.2) is 68.4 Å². The van der Waals surface area contributed by atoms with Crippen LogP contribution in [0.25, 0.3) is 10.8 Å². The summed E-state index contributed by atoms with van der Waals surface area (Å²) in [5.41, 5.74) is 0.450. The summed E-state index contributed by atoms with van der Waals surface area (Å²) < 4.78 is 33.1. The Morgan fingerprint density at radius 1 is 1.03 bits per heavy atom. The molecule has 33 heavy (non-hydrogen) atoms. The van der Waals surface area contributed by atoms with Gasteiger partial charge in [0.05, 0.1) is 9.37 Å². The van der Waals surface area contributed by atoms with Crippen molar-refractivity contribution < 1.29 is 22.7 Å². The van der Waals surface area contributed by atoms with E-state index in [1.165, 1.54) is 24.3 Å². The van der Waals surface area contributed by atoms with Crippen LogP contribution >= 0.6 is 44.1 Å². The van der Waals surface area contributed by atoms with Crippen molar-refractivity contribution in [1.29, 1.82) is 0 Å². The number of amides is 2. The Morgan fingerprint density at radius 2 is 1.73 bits per heavy atom. The molecule has 3 rings (SSSR count). The number of thiocarbonyl (C=S) groups is 1. The van der Waals surface area contributed by atoms with Crippen LogP contribution in [0, 0.1) is 0 Å². The normalized spacial score (nSPS) is 11.0. The van der Waals surface area contributed by atoms with Crippen molar-refractivity contribution in [3.63, 3.8) is 0 Å². The molecule has 0 fully saturated rings. The Bertz CT molecular complexity index is 1350. The Morgan fingerprint density at radius 3 is 2.39 bits per heavy atom. The molecule has 0 aliphatic carbocycles. The van der Waals surface area contributed by atoms with Crippen molar-refractivity contribution in [3.8, 4) is 5.75 Å². The third-order valence-electron chi connectivity index (χ3n) is 4.19. The van der Waals surface area contributed by atoms with Gasteiger partial charge in [-0.05, 0) is 81.4 Å². The fourth-order valence-electron chi connectivity index (χ4n) is 2.79. The molecule has 3 N–H and O–H groups in total. The van der Waals surface area contributed by atoms with Crippen LogP contribution in [0.2, 0.25) is 0 Å². The lowest BCUT2D eigenvalue weighted by molar-refractivity contribution is -0.121. The Kier molecular flexibility index (Phi) is 8.05. The number of carbonyl (C=O) groups excluding carboxylic acids is 2. The topological polar surface area (TPSA) is 114 Å². The lowest BCUT2D eigenvalue weighted by atomic mass is 10.1. The predicted octanol–water partition coefficient (Wildman–Crippen LogP) is 4.08. The van der Waals surface area contributed by atoms with Gasteiger partial charge in [-0.2, -0.15) is 0 Å². The number of fused-ring (bicyclic) bond motifs is 1. The molecule has 172 valence electrons. The van der Waals surface area contributed by atoms with Gasteiger partial charge in [0.2, 0.25) is 5.91 Å². The Labute approximate surface area is 212 Å². The van der Waals surface area contributed by atoms with Crippen molar-refractivity contribution in [3.05, 3.63) is 63.5 Å². The van der Waals surface area contributed by atoms with Gasteiger partial charge in [-0.25, -0.2) is 13.1 Å². The SMILES string of the molecule is CC(=O)NS(=O)(=O)c1ccc(NC(=S)NC(=O)COc2ccc3cc(Br)ccc3c2Br)cc1. The number of hydrogen-bond acceptors (Lipinski definition) is 6. The minimum atomic E-state index is -3.93. The van der Waals surface area contributed by atoms with Crippen molar-refractivity contribution >= 4 is 87.5 Å². The molecule has 0 bridgehead atoms. The number of sulfonamides is 1. The first kappa shape index (κ1) is 25.1. The molecule has 0 atom stereocenters. The summed E-state index contributed by atoms with van der Waals surface area (Å²) >= 11 is 12.1. The van der Waals surface area contributed by atoms with E-state index in [9.17, 15) is 18.0 Å². The molecule has 0 aliphatic rings. The number of halogens is 2. The quantitative estimate of drug-likeness (QED) is 0.359. The van der Waals surface area contributed by atoms with Gasteiger partial charge in [-0.1, -0.05) is 28.1 Å². The molecule has 0 heterocycles. The molecule has 12 heteroatoms. The van der Waals surface area contributed by atoms with E-state index in [4.69, 9.17) is 17.0 Å². The van der Waals surface area contributed by atoms with Crippen LogP contribution in [0.5, 0.6) is 5.75 Å². The van der Waals surface area contributed by atoms with E-state index in [2.05, 4.69) is 42.5 Å². The number of anilines is 1. The van der Waals surface area contributed by atoms with Crippen LogP contribution < -0.4 is 20.1 Å². The van der Waals surface area contributed by atoms with Gasteiger partial charge in [0.25, 0.3) is 15.9 Å². The summed E-state index contributed by atoms with van der Waals surface area (Å²) in [4.78, 5) is 23.1.